The van der Waals surface area contributed by atoms with E-state index in [1.165, 1.54) is 18.2 Å². The molecule has 100 valence electrons. The van der Waals surface area contributed by atoms with Gasteiger partial charge in [0.1, 0.15) is 17.6 Å². The second-order valence-corrected chi connectivity index (χ2v) is 4.12. The summed E-state index contributed by atoms with van der Waals surface area (Å²) in [6.07, 6.45) is 0. The normalized spacial score (nSPS) is 19.1. The van der Waals surface area contributed by atoms with E-state index in [-0.39, 0.29) is 11.4 Å². The molecule has 1 atom stereocenters. The molecule has 1 aromatic carbocycles. The van der Waals surface area contributed by atoms with E-state index >= 15 is 0 Å². The monoisotopic (exact) mass is 263 g/mol. The van der Waals surface area contributed by atoms with Crippen molar-refractivity contribution in [1.29, 1.82) is 0 Å². The van der Waals surface area contributed by atoms with Crippen LogP contribution in [0.1, 0.15) is 18.4 Å². The molecular weight excluding hydrogens is 249 g/mol. The molecule has 2 amide bonds. The van der Waals surface area contributed by atoms with Crippen LogP contribution in [0.4, 0.5) is 4.39 Å². The van der Waals surface area contributed by atoms with E-state index in [1.54, 1.807) is 6.07 Å². The van der Waals surface area contributed by atoms with Crippen LogP contribution in [0.3, 0.4) is 0 Å². The number of aliphatic imine (C=N–C) groups is 1. The van der Waals surface area contributed by atoms with Crippen molar-refractivity contribution in [3.8, 4) is 0 Å². The number of halogens is 1. The summed E-state index contributed by atoms with van der Waals surface area (Å²) >= 11 is 0. The topological polar surface area (TPSA) is 70.6 Å². The molecule has 0 fully saturated rings. The summed E-state index contributed by atoms with van der Waals surface area (Å²) < 4.78 is 13.6. The molecule has 0 aliphatic carbocycles. The van der Waals surface area contributed by atoms with Crippen LogP contribution < -0.4 is 10.6 Å². The second-order valence-electron chi connectivity index (χ2n) is 4.12. The largest absolute Gasteiger partial charge is 0.312 e. The maximum Gasteiger partial charge on any atom is 0.264 e. The molecule has 1 aromatic rings. The van der Waals surface area contributed by atoms with Crippen molar-refractivity contribution in [3.05, 3.63) is 35.6 Å². The van der Waals surface area contributed by atoms with Crippen molar-refractivity contribution >= 4 is 17.6 Å². The minimum atomic E-state index is -1.20. The van der Waals surface area contributed by atoms with E-state index in [0.29, 0.717) is 13.1 Å². The summed E-state index contributed by atoms with van der Waals surface area (Å²) in [7, 11) is 0. The molecule has 2 N–H and O–H groups in total. The molecule has 0 saturated carbocycles. The Morgan fingerprint density at radius 3 is 2.74 bits per heavy atom. The Bertz CT molecular complexity index is 542. The zero-order valence-electron chi connectivity index (χ0n) is 10.4. The Balaban J connectivity index is 2.25. The first-order valence-electron chi connectivity index (χ1n) is 6.01. The lowest BCUT2D eigenvalue weighted by molar-refractivity contribution is -0.130. The van der Waals surface area contributed by atoms with Crippen LogP contribution in [0.5, 0.6) is 0 Å². The number of likely N-dealkylation sites (N-methyl/N-ethyl adjacent to an activating group) is 1. The zero-order valence-corrected chi connectivity index (χ0v) is 10.4. The van der Waals surface area contributed by atoms with Crippen molar-refractivity contribution in [3.63, 3.8) is 0 Å². The van der Waals surface area contributed by atoms with E-state index in [2.05, 4.69) is 15.6 Å². The number of nitrogens with one attached hydrogen (secondary N) is 2. The SMILES string of the molecule is CCNCC1=NC(=O)C(c2ccccc2F)C(=O)N1. The Morgan fingerprint density at radius 2 is 2.11 bits per heavy atom. The number of nitrogens with zero attached hydrogens (tertiary/aromatic N) is 1. The van der Waals surface area contributed by atoms with Gasteiger partial charge in [-0.1, -0.05) is 25.1 Å². The number of rotatable bonds is 4. The summed E-state index contributed by atoms with van der Waals surface area (Å²) in [6, 6.07) is 5.72. The van der Waals surface area contributed by atoms with Crippen molar-refractivity contribution in [2.24, 2.45) is 4.99 Å². The van der Waals surface area contributed by atoms with Gasteiger partial charge in [0.15, 0.2) is 0 Å². The van der Waals surface area contributed by atoms with Crippen molar-refractivity contribution in [1.82, 2.24) is 10.6 Å². The van der Waals surface area contributed by atoms with Crippen LogP contribution in [0.2, 0.25) is 0 Å². The Morgan fingerprint density at radius 1 is 1.37 bits per heavy atom. The first-order valence-corrected chi connectivity index (χ1v) is 6.01. The van der Waals surface area contributed by atoms with Gasteiger partial charge in [0, 0.05) is 5.56 Å². The van der Waals surface area contributed by atoms with Gasteiger partial charge in [0.25, 0.3) is 5.91 Å². The van der Waals surface area contributed by atoms with E-state index in [0.717, 1.165) is 0 Å². The maximum atomic E-state index is 13.6. The fourth-order valence-corrected chi connectivity index (χ4v) is 1.86. The first kappa shape index (κ1) is 13.4. The molecule has 1 heterocycles. The highest BCUT2D eigenvalue weighted by Crippen LogP contribution is 2.22. The number of amides is 2. The molecule has 0 spiro atoms. The molecule has 6 heteroatoms. The van der Waals surface area contributed by atoms with Crippen LogP contribution in [0.25, 0.3) is 0 Å². The third kappa shape index (κ3) is 2.85. The summed E-state index contributed by atoms with van der Waals surface area (Å²) in [5.41, 5.74) is 0.0521. The van der Waals surface area contributed by atoms with Crippen molar-refractivity contribution < 1.29 is 14.0 Å². The number of carbonyl (C=O) groups excluding carboxylic acids is 2. The molecule has 5 nitrogen and oxygen atoms in total. The minimum absolute atomic E-state index is 0.0521. The Labute approximate surface area is 109 Å². The van der Waals surface area contributed by atoms with Gasteiger partial charge in [-0.05, 0) is 12.6 Å². The first-order chi connectivity index (χ1) is 9.13. The molecule has 0 aromatic heterocycles. The molecule has 0 saturated heterocycles. The summed E-state index contributed by atoms with van der Waals surface area (Å²) in [4.78, 5) is 27.6. The van der Waals surface area contributed by atoms with Gasteiger partial charge < -0.3 is 10.6 Å². The third-order valence-corrected chi connectivity index (χ3v) is 2.78. The lowest BCUT2D eigenvalue weighted by Crippen LogP contribution is -2.46. The van der Waals surface area contributed by atoms with E-state index < -0.39 is 23.5 Å². The van der Waals surface area contributed by atoms with E-state index in [4.69, 9.17) is 0 Å². The molecule has 0 bridgehead atoms. The van der Waals surface area contributed by atoms with E-state index in [9.17, 15) is 14.0 Å². The van der Waals surface area contributed by atoms with Gasteiger partial charge in [0.2, 0.25) is 5.91 Å². The minimum Gasteiger partial charge on any atom is -0.312 e. The van der Waals surface area contributed by atoms with Gasteiger partial charge in [-0.3, -0.25) is 9.59 Å². The van der Waals surface area contributed by atoms with Gasteiger partial charge in [0.05, 0.1) is 6.54 Å². The van der Waals surface area contributed by atoms with Crippen molar-refractivity contribution in [2.75, 3.05) is 13.1 Å². The van der Waals surface area contributed by atoms with Gasteiger partial charge >= 0.3 is 0 Å². The number of amidine groups is 1. The molecule has 19 heavy (non-hydrogen) atoms. The zero-order chi connectivity index (χ0) is 13.8. The molecule has 2 rings (SSSR count). The molecule has 1 unspecified atom stereocenters. The Hall–Kier alpha value is -2.08. The average molecular weight is 263 g/mol. The summed E-state index contributed by atoms with van der Waals surface area (Å²) in [6.45, 7) is 2.90. The molecular formula is C13H14FN3O2. The standard InChI is InChI=1S/C13H14FN3O2/c1-2-15-7-10-16-12(18)11(13(19)17-10)8-5-3-4-6-9(8)14/h3-6,11,15H,2,7H2,1H3,(H,16,17,18,19). The maximum absolute atomic E-state index is 13.6. The predicted molar refractivity (Wildman–Crippen MR) is 68.3 cm³/mol. The number of hydrogen-bond donors (Lipinski definition) is 2. The number of benzene rings is 1. The van der Waals surface area contributed by atoms with Gasteiger partial charge in [-0.15, -0.1) is 0 Å². The highest BCUT2D eigenvalue weighted by atomic mass is 19.1. The third-order valence-electron chi connectivity index (χ3n) is 2.78. The highest BCUT2D eigenvalue weighted by molar-refractivity contribution is 6.19. The van der Waals surface area contributed by atoms with Crippen LogP contribution in [-0.2, 0) is 9.59 Å². The van der Waals surface area contributed by atoms with Crippen LogP contribution in [0, 0.1) is 5.82 Å². The lowest BCUT2D eigenvalue weighted by atomic mass is 9.95. The second kappa shape index (κ2) is 5.71. The predicted octanol–water partition coefficient (Wildman–Crippen LogP) is 0.574. The highest BCUT2D eigenvalue weighted by Gasteiger charge is 2.34. The molecule has 0 radical (unpaired) electrons. The Kier molecular flexibility index (Phi) is 4.01. The fraction of sp³-hybridized carbons (Fsp3) is 0.308. The summed E-state index contributed by atoms with van der Waals surface area (Å²) in [5.74, 6) is -2.70. The average Bonchev–Trinajstić information content (AvgIpc) is 2.38. The molecule has 1 aliphatic heterocycles. The number of carbonyl (C=O) groups is 2. The quantitative estimate of drug-likeness (QED) is 0.780. The van der Waals surface area contributed by atoms with Crippen LogP contribution >= 0.6 is 0 Å². The fourth-order valence-electron chi connectivity index (χ4n) is 1.86. The van der Waals surface area contributed by atoms with Crippen molar-refractivity contribution in [2.45, 2.75) is 12.8 Å². The smallest absolute Gasteiger partial charge is 0.264 e. The van der Waals surface area contributed by atoms with Crippen LogP contribution in [0.15, 0.2) is 29.3 Å². The number of hydrogen-bond acceptors (Lipinski definition) is 3. The van der Waals surface area contributed by atoms with Gasteiger partial charge in [-0.2, -0.15) is 4.99 Å². The van der Waals surface area contributed by atoms with Gasteiger partial charge in [-0.25, -0.2) is 4.39 Å². The lowest BCUT2D eigenvalue weighted by Gasteiger charge is -2.20. The van der Waals surface area contributed by atoms with E-state index in [1.807, 2.05) is 6.92 Å². The summed E-state index contributed by atoms with van der Waals surface area (Å²) in [5, 5.41) is 5.47. The van der Waals surface area contributed by atoms with Crippen LogP contribution in [-0.4, -0.2) is 30.7 Å². The molecule has 1 aliphatic rings.